The fourth-order valence-corrected chi connectivity index (χ4v) is 4.26. The smallest absolute Gasteiger partial charge is 0.417 e. The summed E-state index contributed by atoms with van der Waals surface area (Å²) in [6, 6.07) is 11.7. The van der Waals surface area contributed by atoms with Gasteiger partial charge in [0.1, 0.15) is 17.4 Å². The first-order valence-electron chi connectivity index (χ1n) is 9.94. The molecule has 0 amide bonds. The zero-order valence-electron chi connectivity index (χ0n) is 18.2. The monoisotopic (exact) mass is 671 g/mol. The minimum Gasteiger partial charge on any atom is -0.489 e. The van der Waals surface area contributed by atoms with Crippen molar-refractivity contribution in [2.75, 3.05) is 6.61 Å². The lowest BCUT2D eigenvalue weighted by Gasteiger charge is -2.29. The van der Waals surface area contributed by atoms with E-state index in [0.717, 1.165) is 20.6 Å². The highest BCUT2D eigenvalue weighted by Crippen LogP contribution is 2.45. The third-order valence-electron chi connectivity index (χ3n) is 5.09. The summed E-state index contributed by atoms with van der Waals surface area (Å²) in [4.78, 5) is 3.67. The van der Waals surface area contributed by atoms with Crippen LogP contribution >= 0.6 is 66.7 Å². The van der Waals surface area contributed by atoms with Crippen molar-refractivity contribution in [1.29, 1.82) is 0 Å². The highest BCUT2D eigenvalue weighted by Gasteiger charge is 2.32. The Labute approximate surface area is 232 Å². The number of hydrogen-bond donors (Lipinski definition) is 0. The van der Waals surface area contributed by atoms with Crippen LogP contribution in [0.3, 0.4) is 0 Å². The van der Waals surface area contributed by atoms with E-state index in [1.165, 1.54) is 0 Å². The van der Waals surface area contributed by atoms with Gasteiger partial charge in [0.2, 0.25) is 5.88 Å². The first kappa shape index (κ1) is 28.1. The van der Waals surface area contributed by atoms with E-state index >= 15 is 0 Å². The number of benzene rings is 2. The molecule has 0 saturated heterocycles. The molecule has 0 aliphatic heterocycles. The topological polar surface area (TPSA) is 31.4 Å². The van der Waals surface area contributed by atoms with Crippen LogP contribution in [0.2, 0.25) is 15.1 Å². The molecule has 3 nitrogen and oxygen atoms in total. The molecule has 1 heterocycles. The second-order valence-electron chi connectivity index (χ2n) is 7.81. The van der Waals surface area contributed by atoms with Gasteiger partial charge in [0.05, 0.1) is 19.0 Å². The molecular formula is C24H17Br2Cl3F3NO2. The molecule has 0 spiro atoms. The molecule has 0 N–H and O–H groups in total. The maximum Gasteiger partial charge on any atom is 0.417 e. The fourth-order valence-electron chi connectivity index (χ4n) is 3.23. The van der Waals surface area contributed by atoms with Gasteiger partial charge in [-0.2, -0.15) is 13.2 Å². The van der Waals surface area contributed by atoms with E-state index in [2.05, 4.69) is 36.8 Å². The second kappa shape index (κ2) is 11.3. The van der Waals surface area contributed by atoms with E-state index in [-0.39, 0.29) is 26.7 Å². The third kappa shape index (κ3) is 6.86. The molecule has 0 unspecified atom stereocenters. The van der Waals surface area contributed by atoms with Crippen LogP contribution in [0.1, 0.15) is 30.5 Å². The van der Waals surface area contributed by atoms with Crippen LogP contribution < -0.4 is 9.47 Å². The molecule has 0 bridgehead atoms. The molecule has 35 heavy (non-hydrogen) atoms. The van der Waals surface area contributed by atoms with Gasteiger partial charge in [-0.05, 0) is 67.8 Å². The minimum absolute atomic E-state index is 0.0267. The van der Waals surface area contributed by atoms with Crippen molar-refractivity contribution in [1.82, 2.24) is 4.98 Å². The number of ether oxygens (including phenoxy) is 2. The summed E-state index contributed by atoms with van der Waals surface area (Å²) in [5.74, 6) is 0.461. The summed E-state index contributed by atoms with van der Waals surface area (Å²) in [7, 11) is 0. The largest absolute Gasteiger partial charge is 0.489 e. The number of hydrogen-bond acceptors (Lipinski definition) is 3. The maximum atomic E-state index is 12.9. The van der Waals surface area contributed by atoms with Crippen LogP contribution in [-0.2, 0) is 11.6 Å². The molecule has 0 aliphatic rings. The van der Waals surface area contributed by atoms with Crippen molar-refractivity contribution in [2.45, 2.75) is 25.4 Å². The van der Waals surface area contributed by atoms with Gasteiger partial charge in [-0.25, -0.2) is 4.98 Å². The summed E-state index contributed by atoms with van der Waals surface area (Å²) in [6.07, 6.45) is -2.14. The quantitative estimate of drug-likeness (QED) is 0.250. The normalized spacial score (nSPS) is 11.8. The van der Waals surface area contributed by atoms with Crippen molar-refractivity contribution in [3.63, 3.8) is 0 Å². The molecule has 0 saturated carbocycles. The zero-order chi connectivity index (χ0) is 26.0. The Balaban J connectivity index is 1.94. The average molecular weight is 675 g/mol. The lowest BCUT2D eigenvalue weighted by Crippen LogP contribution is -2.20. The summed E-state index contributed by atoms with van der Waals surface area (Å²) < 4.78 is 51.0. The van der Waals surface area contributed by atoms with Crippen molar-refractivity contribution in [3.05, 3.63) is 89.9 Å². The molecular weight excluding hydrogens is 657 g/mol. The maximum absolute atomic E-state index is 12.9. The number of aromatic nitrogens is 1. The summed E-state index contributed by atoms with van der Waals surface area (Å²) in [6.45, 7) is 4.32. The van der Waals surface area contributed by atoms with E-state index in [4.69, 9.17) is 44.3 Å². The minimum atomic E-state index is -4.58. The molecule has 0 fully saturated rings. The molecule has 1 aromatic heterocycles. The lowest BCUT2D eigenvalue weighted by atomic mass is 9.77. The number of para-hydroxylation sites is 1. The highest BCUT2D eigenvalue weighted by atomic mass is 79.9. The number of nitrogens with zero attached hydrogens (tertiary/aromatic N) is 1. The van der Waals surface area contributed by atoms with Crippen molar-refractivity contribution < 1.29 is 22.6 Å². The molecule has 3 aromatic rings. The van der Waals surface area contributed by atoms with Gasteiger partial charge in [0, 0.05) is 17.2 Å². The van der Waals surface area contributed by atoms with E-state index in [9.17, 15) is 13.2 Å². The van der Waals surface area contributed by atoms with Gasteiger partial charge < -0.3 is 9.47 Å². The van der Waals surface area contributed by atoms with Gasteiger partial charge in [-0.1, -0.05) is 66.8 Å². The van der Waals surface area contributed by atoms with Crippen molar-refractivity contribution in [3.8, 4) is 17.4 Å². The first-order chi connectivity index (χ1) is 16.3. The van der Waals surface area contributed by atoms with Crippen LogP contribution in [0.25, 0.3) is 0 Å². The van der Waals surface area contributed by atoms with Gasteiger partial charge >= 0.3 is 6.18 Å². The summed E-state index contributed by atoms with van der Waals surface area (Å²) >= 11 is 25.5. The third-order valence-corrected chi connectivity index (χ3v) is 6.57. The fraction of sp³-hybridized carbons (Fsp3) is 0.208. The Kier molecular flexibility index (Phi) is 9.08. The molecule has 0 radical (unpaired) electrons. The van der Waals surface area contributed by atoms with E-state index < -0.39 is 17.2 Å². The Morgan fingerprint density at radius 2 is 1.57 bits per heavy atom. The van der Waals surface area contributed by atoms with Gasteiger partial charge in [0.25, 0.3) is 0 Å². The van der Waals surface area contributed by atoms with Crippen LogP contribution in [0.4, 0.5) is 13.2 Å². The first-order valence-corrected chi connectivity index (χ1v) is 12.7. The van der Waals surface area contributed by atoms with Gasteiger partial charge in [-0.15, -0.1) is 0 Å². The van der Waals surface area contributed by atoms with E-state index in [1.807, 2.05) is 44.2 Å². The summed E-state index contributed by atoms with van der Waals surface area (Å²) in [5.41, 5.74) is 0.0816. The second-order valence-corrected chi connectivity index (χ2v) is 11.8. The van der Waals surface area contributed by atoms with Crippen LogP contribution in [-0.4, -0.2) is 11.6 Å². The van der Waals surface area contributed by atoms with Crippen molar-refractivity contribution >= 4 is 66.7 Å². The Morgan fingerprint density at radius 1 is 0.971 bits per heavy atom. The van der Waals surface area contributed by atoms with E-state index in [0.29, 0.717) is 18.6 Å². The zero-order valence-corrected chi connectivity index (χ0v) is 23.6. The Bertz CT molecular complexity index is 1240. The predicted molar refractivity (Wildman–Crippen MR) is 141 cm³/mol. The van der Waals surface area contributed by atoms with Crippen molar-refractivity contribution in [2.24, 2.45) is 0 Å². The number of pyridine rings is 1. The van der Waals surface area contributed by atoms with Crippen LogP contribution in [0, 0.1) is 0 Å². The standard InChI is InChI=1S/C24H17Br2Cl3F3NO2/c1-23(2,15-5-3-4-6-19(15)34-8-7-20(25)26)13-9-16(27)21(17(28)10-13)35-22-18(29)11-14(12-33-22)24(30,31)32/h3-7,9-12H,8H2,1-2H3. The molecule has 3 rings (SSSR count). The average Bonchev–Trinajstić information content (AvgIpc) is 2.76. The van der Waals surface area contributed by atoms with E-state index in [1.54, 1.807) is 12.1 Å². The number of rotatable bonds is 7. The van der Waals surface area contributed by atoms with Gasteiger partial charge in [0.15, 0.2) is 5.75 Å². The van der Waals surface area contributed by atoms with Gasteiger partial charge in [-0.3, -0.25) is 0 Å². The molecule has 186 valence electrons. The molecule has 0 atom stereocenters. The number of alkyl halides is 3. The molecule has 11 heteroatoms. The SMILES string of the molecule is CC(C)(c1cc(Cl)c(Oc2ncc(C(F)(F)F)cc2Cl)c(Cl)c1)c1ccccc1OCC=C(Br)Br. The molecule has 2 aromatic carbocycles. The molecule has 0 aliphatic carbocycles. The Morgan fingerprint density at radius 3 is 2.14 bits per heavy atom. The lowest BCUT2D eigenvalue weighted by molar-refractivity contribution is -0.137. The predicted octanol–water partition coefficient (Wildman–Crippen LogP) is 10.2. The Hall–Kier alpha value is -1.45. The van der Waals surface area contributed by atoms with Crippen LogP contribution in [0.15, 0.2) is 58.1 Å². The summed E-state index contributed by atoms with van der Waals surface area (Å²) in [5, 5.41) is -0.0441. The highest BCUT2D eigenvalue weighted by molar-refractivity contribution is 9.28. The van der Waals surface area contributed by atoms with Crippen LogP contribution in [0.5, 0.6) is 17.4 Å². The number of halogens is 8.